The molecule has 1 aliphatic rings. The zero-order valence-electron chi connectivity index (χ0n) is 11.2. The second-order valence-corrected chi connectivity index (χ2v) is 5.89. The van der Waals surface area contributed by atoms with Crippen LogP contribution in [-0.2, 0) is 37.5 Å². The molecule has 0 saturated carbocycles. The zero-order chi connectivity index (χ0) is 14.9. The van der Waals surface area contributed by atoms with E-state index in [2.05, 4.69) is 22.0 Å². The minimum atomic E-state index is -2.59. The van der Waals surface area contributed by atoms with Gasteiger partial charge in [0, 0.05) is 43.6 Å². The van der Waals surface area contributed by atoms with E-state index in [9.17, 15) is 13.6 Å². The Morgan fingerprint density at radius 3 is 2.76 bits per heavy atom. The zero-order valence-corrected chi connectivity index (χ0v) is 16.4. The van der Waals surface area contributed by atoms with Gasteiger partial charge in [0.1, 0.15) is 0 Å². The number of amides is 1. The largest absolute Gasteiger partial charge is 0.341 e. The van der Waals surface area contributed by atoms with Crippen LogP contribution in [0.2, 0.25) is 5.02 Å². The Bertz CT molecular complexity index is 568. The number of carbonyl (C=O) groups is 1. The summed E-state index contributed by atoms with van der Waals surface area (Å²) in [5.74, 6) is -0.635. The molecule has 1 aromatic carbocycles. The molecule has 1 amide bonds. The Hall–Kier alpha value is 0.164. The molecule has 1 atom stereocenters. The van der Waals surface area contributed by atoms with Gasteiger partial charge in [-0.1, -0.05) is 51.4 Å². The normalized spacial score (nSPS) is 18.6. The Morgan fingerprint density at radius 2 is 2.19 bits per heavy atom. The number of alkyl halides is 2. The monoisotopic (exact) mass is 451 g/mol. The van der Waals surface area contributed by atoms with Crippen molar-refractivity contribution in [2.75, 3.05) is 6.54 Å². The van der Waals surface area contributed by atoms with E-state index in [0.717, 1.165) is 4.90 Å². The molecular weight excluding hydrogens is 440 g/mol. The van der Waals surface area contributed by atoms with Crippen LogP contribution in [0.3, 0.4) is 0 Å². The van der Waals surface area contributed by atoms with Crippen LogP contribution in [0.4, 0.5) is 8.78 Å². The van der Waals surface area contributed by atoms with Gasteiger partial charge >= 0.3 is 0 Å². The summed E-state index contributed by atoms with van der Waals surface area (Å²) >= 11 is 9.21. The first-order valence-corrected chi connectivity index (χ1v) is 7.23. The van der Waals surface area contributed by atoms with E-state index in [-0.39, 0.29) is 44.5 Å². The number of halogens is 4. The fraction of sp³-hybridized carbons (Fsp3) is 0.357. The third-order valence-corrected chi connectivity index (χ3v) is 3.93. The summed E-state index contributed by atoms with van der Waals surface area (Å²) in [5.41, 5.74) is 1.02. The smallest absolute Gasteiger partial charge is 0.256 e. The molecule has 21 heavy (non-hydrogen) atoms. The molecule has 0 saturated heterocycles. The molecular formula is C14H12BrClF2NOY-. The first-order chi connectivity index (χ1) is 9.40. The van der Waals surface area contributed by atoms with Crippen LogP contribution in [-0.4, -0.2) is 23.8 Å². The fourth-order valence-corrected chi connectivity index (χ4v) is 2.92. The van der Waals surface area contributed by atoms with Crippen LogP contribution >= 0.6 is 27.5 Å². The van der Waals surface area contributed by atoms with Crippen molar-refractivity contribution in [2.24, 2.45) is 5.92 Å². The van der Waals surface area contributed by atoms with E-state index in [0.29, 0.717) is 27.2 Å². The maximum Gasteiger partial charge on any atom is 0.256 e. The molecule has 1 heterocycles. The van der Waals surface area contributed by atoms with Gasteiger partial charge in [-0.3, -0.25) is 4.79 Å². The maximum absolute atomic E-state index is 12.7. The van der Waals surface area contributed by atoms with Gasteiger partial charge in [0.2, 0.25) is 5.91 Å². The van der Waals surface area contributed by atoms with Crippen LogP contribution in [0.25, 0.3) is 5.70 Å². The summed E-state index contributed by atoms with van der Waals surface area (Å²) in [5, 5.41) is 0.525. The van der Waals surface area contributed by atoms with Gasteiger partial charge in [0.15, 0.2) is 0 Å². The summed E-state index contributed by atoms with van der Waals surface area (Å²) < 4.78 is 26.1. The van der Waals surface area contributed by atoms with Gasteiger partial charge < -0.3 is 4.90 Å². The summed E-state index contributed by atoms with van der Waals surface area (Å²) in [6, 6.07) is 5.00. The molecule has 0 bridgehead atoms. The number of carbonyl (C=O) groups excluding carboxylic acids is 1. The number of hydrogen-bond donors (Lipinski definition) is 0. The third kappa shape index (κ3) is 4.57. The minimum absolute atomic E-state index is 0. The molecule has 0 aliphatic carbocycles. The van der Waals surface area contributed by atoms with Crippen LogP contribution in [0.5, 0.6) is 0 Å². The molecule has 0 spiro atoms. The van der Waals surface area contributed by atoms with Gasteiger partial charge in [0.05, 0.1) is 6.54 Å². The molecule has 0 N–H and O–H groups in total. The molecule has 1 aliphatic heterocycles. The van der Waals surface area contributed by atoms with Crippen molar-refractivity contribution in [2.45, 2.75) is 19.8 Å². The SMILES string of the molecule is CC1C[C-]=C(c2ccc(Cl)cc2Br)N(CC(F)F)C1=O.[Y]. The topological polar surface area (TPSA) is 20.3 Å². The van der Waals surface area contributed by atoms with E-state index in [1.807, 2.05) is 0 Å². The van der Waals surface area contributed by atoms with Crippen molar-refractivity contribution in [3.8, 4) is 0 Å². The first-order valence-electron chi connectivity index (χ1n) is 6.06. The van der Waals surface area contributed by atoms with Gasteiger partial charge in [-0.25, -0.2) is 14.9 Å². The van der Waals surface area contributed by atoms with E-state index < -0.39 is 13.0 Å². The molecule has 0 aromatic heterocycles. The summed E-state index contributed by atoms with van der Waals surface area (Å²) in [4.78, 5) is 13.2. The number of nitrogens with zero attached hydrogens (tertiary/aromatic N) is 1. The maximum atomic E-state index is 12.7. The molecule has 2 nitrogen and oxygen atoms in total. The predicted molar refractivity (Wildman–Crippen MR) is 77.3 cm³/mol. The Kier molecular flexibility index (Phi) is 7.45. The average Bonchev–Trinajstić information content (AvgIpc) is 2.36. The predicted octanol–water partition coefficient (Wildman–Crippen LogP) is 4.38. The molecule has 0 fully saturated rings. The van der Waals surface area contributed by atoms with Crippen molar-refractivity contribution < 1.29 is 46.3 Å². The minimum Gasteiger partial charge on any atom is -0.341 e. The molecule has 1 radical (unpaired) electrons. The molecule has 7 heteroatoms. The van der Waals surface area contributed by atoms with Crippen molar-refractivity contribution in [1.82, 2.24) is 4.90 Å². The van der Waals surface area contributed by atoms with E-state index >= 15 is 0 Å². The summed E-state index contributed by atoms with van der Waals surface area (Å²) in [7, 11) is 0. The van der Waals surface area contributed by atoms with Crippen molar-refractivity contribution in [1.29, 1.82) is 0 Å². The number of benzene rings is 1. The number of hydrogen-bond acceptors (Lipinski definition) is 1. The standard InChI is InChI=1S/C14H12BrClF2NO.Y/c1-8-2-5-12(19(14(8)20)7-13(17)18)10-4-3-9(16)6-11(10)15;/h3-4,6,8,13H,2,7H2,1H3;/q-1;. The molecule has 111 valence electrons. The van der Waals surface area contributed by atoms with Gasteiger partial charge in [-0.15, -0.1) is 17.3 Å². The quantitative estimate of drug-likeness (QED) is 0.624. The van der Waals surface area contributed by atoms with E-state index in [1.54, 1.807) is 25.1 Å². The fourth-order valence-electron chi connectivity index (χ4n) is 2.05. The Morgan fingerprint density at radius 1 is 1.52 bits per heavy atom. The molecule has 2 rings (SSSR count). The average molecular weight is 453 g/mol. The number of allylic oxidation sites excluding steroid dienone is 1. The second-order valence-electron chi connectivity index (χ2n) is 4.59. The Balaban J connectivity index is 0.00000220. The van der Waals surface area contributed by atoms with Crippen LogP contribution in [0.15, 0.2) is 22.7 Å². The van der Waals surface area contributed by atoms with Gasteiger partial charge in [-0.2, -0.15) is 0 Å². The van der Waals surface area contributed by atoms with Crippen LogP contribution in [0.1, 0.15) is 18.9 Å². The van der Waals surface area contributed by atoms with Crippen LogP contribution in [0, 0.1) is 12.0 Å². The Labute approximate surface area is 160 Å². The summed E-state index contributed by atoms with van der Waals surface area (Å²) in [6.45, 7) is 1.09. The van der Waals surface area contributed by atoms with Gasteiger partial charge in [0.25, 0.3) is 6.43 Å². The van der Waals surface area contributed by atoms with E-state index in [4.69, 9.17) is 11.6 Å². The van der Waals surface area contributed by atoms with Crippen molar-refractivity contribution in [3.63, 3.8) is 0 Å². The van der Waals surface area contributed by atoms with Crippen LogP contribution < -0.4 is 0 Å². The molecule has 1 unspecified atom stereocenters. The second kappa shape index (κ2) is 8.14. The molecule has 1 aromatic rings. The van der Waals surface area contributed by atoms with Crippen molar-refractivity contribution >= 4 is 39.1 Å². The van der Waals surface area contributed by atoms with Gasteiger partial charge in [-0.05, 0) is 6.07 Å². The third-order valence-electron chi connectivity index (χ3n) is 3.04. The first kappa shape index (κ1) is 19.2. The summed E-state index contributed by atoms with van der Waals surface area (Å²) in [6.07, 6.45) is 0.876. The van der Waals surface area contributed by atoms with Crippen molar-refractivity contribution in [3.05, 3.63) is 39.3 Å². The number of rotatable bonds is 3. The van der Waals surface area contributed by atoms with E-state index in [1.165, 1.54) is 0 Å².